The second-order valence-electron chi connectivity index (χ2n) is 5.28. The number of rotatable bonds is 4. The number of hydrogen-bond donors (Lipinski definition) is 2. The van der Waals surface area contributed by atoms with Crippen LogP contribution in [0.2, 0.25) is 0 Å². The van der Waals surface area contributed by atoms with Crippen LogP contribution < -0.4 is 10.5 Å². The normalized spacial score (nSPS) is 10.8. The molecule has 0 spiro atoms. The van der Waals surface area contributed by atoms with E-state index in [9.17, 15) is 14.7 Å². The molecule has 3 rings (SSSR count). The number of hydrogen-bond acceptors (Lipinski definition) is 4. The lowest BCUT2D eigenvalue weighted by atomic mass is 10.0. The number of nitrogens with two attached hydrogens (primary N) is 1. The van der Waals surface area contributed by atoms with E-state index in [-0.39, 0.29) is 5.78 Å². The molecule has 0 fully saturated rings. The number of aliphatic hydroxyl groups excluding tert-OH is 1. The van der Waals surface area contributed by atoms with Crippen LogP contribution in [0.5, 0.6) is 5.75 Å². The fourth-order valence-corrected chi connectivity index (χ4v) is 2.15. The molecule has 0 bridgehead atoms. The number of Topliss-reactive ketones (excluding diaryl/α,β-unsaturated/α-hetero) is 1. The number of benzene rings is 3. The fourth-order valence-electron chi connectivity index (χ4n) is 2.15. The van der Waals surface area contributed by atoms with Crippen molar-refractivity contribution in [2.24, 2.45) is 5.73 Å². The van der Waals surface area contributed by atoms with E-state index in [1.807, 2.05) is 18.2 Å². The van der Waals surface area contributed by atoms with Gasteiger partial charge in [-0.25, -0.2) is 4.79 Å². The van der Waals surface area contributed by atoms with Crippen molar-refractivity contribution in [1.29, 1.82) is 0 Å². The molecule has 0 aliphatic heterocycles. The number of aliphatic hydroxyl groups is 1. The highest BCUT2D eigenvalue weighted by atomic mass is 16.5. The van der Waals surface area contributed by atoms with Gasteiger partial charge in [0.1, 0.15) is 11.9 Å². The Morgan fingerprint density at radius 3 is 1.73 bits per heavy atom. The molecular formula is C21H19NO4. The zero-order chi connectivity index (χ0) is 18.8. The van der Waals surface area contributed by atoms with Crippen molar-refractivity contribution < 1.29 is 19.4 Å². The minimum absolute atomic E-state index is 0.271. The molecule has 0 saturated carbocycles. The Labute approximate surface area is 151 Å². The molecule has 26 heavy (non-hydrogen) atoms. The predicted molar refractivity (Wildman–Crippen MR) is 98.8 cm³/mol. The standard InChI is InChI=1S/C14H12O2.C7H7NO2/c15-13(11-7-3-1-4-8-11)14(16)12-9-5-2-6-10-12;8-7(9)10-6-4-2-1-3-5-6/h1-10,13,15H;1-5H,(H2,8,9). The second-order valence-corrected chi connectivity index (χ2v) is 5.28. The minimum atomic E-state index is -1.08. The summed E-state index contributed by atoms with van der Waals surface area (Å²) in [6.07, 6.45) is -1.87. The van der Waals surface area contributed by atoms with Gasteiger partial charge >= 0.3 is 6.09 Å². The summed E-state index contributed by atoms with van der Waals surface area (Å²) in [5, 5.41) is 9.89. The maximum Gasteiger partial charge on any atom is 0.409 e. The lowest BCUT2D eigenvalue weighted by Gasteiger charge is -2.09. The average molecular weight is 349 g/mol. The lowest BCUT2D eigenvalue weighted by Crippen LogP contribution is -2.15. The Balaban J connectivity index is 0.000000209. The van der Waals surface area contributed by atoms with E-state index in [0.717, 1.165) is 0 Å². The maximum atomic E-state index is 11.9. The second kappa shape index (κ2) is 9.76. The third-order valence-electron chi connectivity index (χ3n) is 3.38. The van der Waals surface area contributed by atoms with Gasteiger partial charge in [-0.3, -0.25) is 4.79 Å². The number of primary amides is 1. The first-order valence-electron chi connectivity index (χ1n) is 7.92. The molecule has 1 amide bonds. The molecule has 0 heterocycles. The first-order valence-corrected chi connectivity index (χ1v) is 7.92. The summed E-state index contributed by atoms with van der Waals surface area (Å²) in [5.41, 5.74) is 5.91. The number of amides is 1. The molecule has 132 valence electrons. The first-order chi connectivity index (χ1) is 12.6. The summed E-state index contributed by atoms with van der Waals surface area (Å²) in [4.78, 5) is 22.1. The first kappa shape index (κ1) is 18.9. The minimum Gasteiger partial charge on any atom is -0.411 e. The van der Waals surface area contributed by atoms with Gasteiger partial charge in [-0.1, -0.05) is 78.9 Å². The van der Waals surface area contributed by atoms with E-state index < -0.39 is 12.2 Å². The number of ether oxygens (including phenoxy) is 1. The zero-order valence-electron chi connectivity index (χ0n) is 14.0. The Morgan fingerprint density at radius 1 is 0.769 bits per heavy atom. The molecule has 3 N–H and O–H groups in total. The topological polar surface area (TPSA) is 89.6 Å². The van der Waals surface area contributed by atoms with Crippen molar-refractivity contribution in [1.82, 2.24) is 0 Å². The van der Waals surface area contributed by atoms with Gasteiger partial charge in [0.25, 0.3) is 0 Å². The molecule has 1 unspecified atom stereocenters. The van der Waals surface area contributed by atoms with Crippen LogP contribution in [0.1, 0.15) is 22.0 Å². The smallest absolute Gasteiger partial charge is 0.409 e. The molecule has 0 aromatic heterocycles. The van der Waals surface area contributed by atoms with Crippen molar-refractivity contribution >= 4 is 11.9 Å². The van der Waals surface area contributed by atoms with Crippen LogP contribution in [0, 0.1) is 0 Å². The fraction of sp³-hybridized carbons (Fsp3) is 0.0476. The van der Waals surface area contributed by atoms with Crippen LogP contribution in [-0.4, -0.2) is 17.0 Å². The van der Waals surface area contributed by atoms with E-state index in [4.69, 9.17) is 5.73 Å². The molecule has 1 atom stereocenters. The highest BCUT2D eigenvalue weighted by Crippen LogP contribution is 2.17. The summed E-state index contributed by atoms with van der Waals surface area (Å²) in [6.45, 7) is 0. The van der Waals surface area contributed by atoms with Crippen LogP contribution >= 0.6 is 0 Å². The lowest BCUT2D eigenvalue weighted by molar-refractivity contribution is 0.0747. The van der Waals surface area contributed by atoms with Crippen molar-refractivity contribution in [3.05, 3.63) is 102 Å². The molecule has 3 aromatic rings. The van der Waals surface area contributed by atoms with Gasteiger partial charge in [0.2, 0.25) is 0 Å². The summed E-state index contributed by atoms with van der Waals surface area (Å²) in [7, 11) is 0. The van der Waals surface area contributed by atoms with Crippen LogP contribution in [0.3, 0.4) is 0 Å². The van der Waals surface area contributed by atoms with Gasteiger partial charge in [-0.05, 0) is 17.7 Å². The Morgan fingerprint density at radius 2 is 1.23 bits per heavy atom. The predicted octanol–water partition coefficient (Wildman–Crippen LogP) is 3.75. The molecule has 0 saturated heterocycles. The number of para-hydroxylation sites is 1. The summed E-state index contributed by atoms with van der Waals surface area (Å²) < 4.78 is 4.55. The number of carbonyl (C=O) groups is 2. The maximum absolute atomic E-state index is 11.9. The quantitative estimate of drug-likeness (QED) is 0.702. The Kier molecular flexibility index (Phi) is 7.09. The van der Waals surface area contributed by atoms with Crippen molar-refractivity contribution in [3.63, 3.8) is 0 Å². The van der Waals surface area contributed by atoms with E-state index in [2.05, 4.69) is 4.74 Å². The van der Waals surface area contributed by atoms with Gasteiger partial charge in [0.15, 0.2) is 5.78 Å². The molecule has 5 heteroatoms. The molecule has 0 aliphatic carbocycles. The van der Waals surface area contributed by atoms with Crippen LogP contribution in [-0.2, 0) is 0 Å². The largest absolute Gasteiger partial charge is 0.411 e. The van der Waals surface area contributed by atoms with Crippen LogP contribution in [0.25, 0.3) is 0 Å². The molecular weight excluding hydrogens is 330 g/mol. The summed E-state index contributed by atoms with van der Waals surface area (Å²) in [5.74, 6) is 0.196. The molecule has 5 nitrogen and oxygen atoms in total. The van der Waals surface area contributed by atoms with Crippen LogP contribution in [0.4, 0.5) is 4.79 Å². The van der Waals surface area contributed by atoms with E-state index >= 15 is 0 Å². The Bertz CT molecular complexity index is 820. The number of carbonyl (C=O) groups excluding carboxylic acids is 2. The number of ketones is 1. The molecule has 0 radical (unpaired) electrons. The third kappa shape index (κ3) is 5.89. The Hall–Kier alpha value is -3.44. The van der Waals surface area contributed by atoms with E-state index in [1.54, 1.807) is 72.8 Å². The van der Waals surface area contributed by atoms with Gasteiger partial charge in [-0.2, -0.15) is 0 Å². The highest BCUT2D eigenvalue weighted by Gasteiger charge is 2.18. The average Bonchev–Trinajstić information content (AvgIpc) is 2.69. The van der Waals surface area contributed by atoms with Crippen molar-refractivity contribution in [2.75, 3.05) is 0 Å². The SMILES string of the molecule is NC(=O)Oc1ccccc1.O=C(c1ccccc1)C(O)c1ccccc1. The van der Waals surface area contributed by atoms with Gasteiger partial charge in [-0.15, -0.1) is 0 Å². The monoisotopic (exact) mass is 349 g/mol. The van der Waals surface area contributed by atoms with E-state index in [1.165, 1.54) is 0 Å². The van der Waals surface area contributed by atoms with Crippen molar-refractivity contribution in [3.8, 4) is 5.75 Å². The van der Waals surface area contributed by atoms with E-state index in [0.29, 0.717) is 16.9 Å². The third-order valence-corrected chi connectivity index (χ3v) is 3.38. The van der Waals surface area contributed by atoms with Crippen molar-refractivity contribution in [2.45, 2.75) is 6.10 Å². The summed E-state index contributed by atoms with van der Waals surface area (Å²) >= 11 is 0. The molecule has 0 aliphatic rings. The van der Waals surface area contributed by atoms with Gasteiger partial charge in [0, 0.05) is 5.56 Å². The molecule has 3 aromatic carbocycles. The van der Waals surface area contributed by atoms with Gasteiger partial charge < -0.3 is 15.6 Å². The highest BCUT2D eigenvalue weighted by molar-refractivity contribution is 5.99. The van der Waals surface area contributed by atoms with Gasteiger partial charge in [0.05, 0.1) is 0 Å². The zero-order valence-corrected chi connectivity index (χ0v) is 14.0. The summed E-state index contributed by atoms with van der Waals surface area (Å²) in [6, 6.07) is 26.4. The van der Waals surface area contributed by atoms with Crippen LogP contribution in [0.15, 0.2) is 91.0 Å².